The van der Waals surface area contributed by atoms with E-state index in [0.29, 0.717) is 30.5 Å². The van der Waals surface area contributed by atoms with Gasteiger partial charge >= 0.3 is 0 Å². The van der Waals surface area contributed by atoms with E-state index in [4.69, 9.17) is 9.94 Å². The number of rotatable bonds is 4. The molecule has 0 unspecified atom stereocenters. The molecule has 1 aromatic carbocycles. The van der Waals surface area contributed by atoms with Crippen LogP contribution in [0.15, 0.2) is 12.1 Å². The second-order valence-electron chi connectivity index (χ2n) is 6.14. The fraction of sp³-hybridized carbons (Fsp3) is 0.562. The molecule has 3 rings (SSSR count). The molecule has 2 aliphatic heterocycles. The molecule has 5 nitrogen and oxygen atoms in total. The van der Waals surface area contributed by atoms with Crippen molar-refractivity contribution in [2.45, 2.75) is 32.4 Å². The lowest BCUT2D eigenvalue weighted by Gasteiger charge is -2.40. The van der Waals surface area contributed by atoms with E-state index in [-0.39, 0.29) is 11.4 Å². The molecule has 2 N–H and O–H groups in total. The zero-order valence-corrected chi connectivity index (χ0v) is 12.6. The van der Waals surface area contributed by atoms with Crippen LogP contribution in [-0.2, 0) is 17.7 Å². The van der Waals surface area contributed by atoms with Gasteiger partial charge in [-0.15, -0.1) is 0 Å². The number of carbonyl (C=O) groups is 1. The summed E-state index contributed by atoms with van der Waals surface area (Å²) in [6.07, 6.45) is 1.62. The molecular formula is C16H21FN2O3. The third-order valence-corrected chi connectivity index (χ3v) is 4.65. The number of nitrogens with zero attached hydrogens (tertiary/aromatic N) is 1. The lowest BCUT2D eigenvalue weighted by molar-refractivity contribution is -0.0544. The first-order chi connectivity index (χ1) is 10.6. The van der Waals surface area contributed by atoms with Gasteiger partial charge in [-0.05, 0) is 36.1 Å². The highest BCUT2D eigenvalue weighted by molar-refractivity contribution is 5.93. The molecule has 2 heterocycles. The monoisotopic (exact) mass is 308 g/mol. The first-order valence-corrected chi connectivity index (χ1v) is 7.69. The molecule has 1 aromatic rings. The third kappa shape index (κ3) is 2.86. The number of hydrogen-bond donors (Lipinski definition) is 2. The van der Waals surface area contributed by atoms with Crippen LogP contribution in [0.3, 0.4) is 0 Å². The minimum absolute atomic E-state index is 0.153. The van der Waals surface area contributed by atoms with Crippen LogP contribution in [0.1, 0.15) is 34.8 Å². The summed E-state index contributed by atoms with van der Waals surface area (Å²) in [4.78, 5) is 13.9. The zero-order valence-electron chi connectivity index (χ0n) is 12.6. The highest BCUT2D eigenvalue weighted by Gasteiger charge is 2.31. The van der Waals surface area contributed by atoms with Crippen molar-refractivity contribution in [1.29, 1.82) is 0 Å². The average molecular weight is 308 g/mol. The number of amides is 1. The highest BCUT2D eigenvalue weighted by Crippen LogP contribution is 2.29. The molecule has 0 aliphatic carbocycles. The Kier molecular flexibility index (Phi) is 4.42. The van der Waals surface area contributed by atoms with Crippen LogP contribution in [0.5, 0.6) is 0 Å². The van der Waals surface area contributed by atoms with Gasteiger partial charge in [0.15, 0.2) is 0 Å². The van der Waals surface area contributed by atoms with Gasteiger partial charge in [-0.3, -0.25) is 14.9 Å². The molecule has 6 heteroatoms. The predicted octanol–water partition coefficient (Wildman–Crippen LogP) is 1.73. The van der Waals surface area contributed by atoms with Crippen LogP contribution in [0.4, 0.5) is 4.39 Å². The SMILES string of the molecule is CC[C@@H]1Cc2c(F)cc(C(=O)NO)cc2CN1CC1COC1. The van der Waals surface area contributed by atoms with Crippen LogP contribution in [0.25, 0.3) is 0 Å². The van der Waals surface area contributed by atoms with Gasteiger partial charge in [-0.1, -0.05) is 6.92 Å². The van der Waals surface area contributed by atoms with E-state index >= 15 is 0 Å². The number of benzene rings is 1. The summed E-state index contributed by atoms with van der Waals surface area (Å²) in [5, 5.41) is 8.73. The van der Waals surface area contributed by atoms with E-state index in [1.54, 1.807) is 11.5 Å². The molecule has 0 aromatic heterocycles. The molecule has 1 fully saturated rings. The fourth-order valence-electron chi connectivity index (χ4n) is 3.31. The lowest BCUT2D eigenvalue weighted by Crippen LogP contribution is -2.47. The molecule has 0 bridgehead atoms. The van der Waals surface area contributed by atoms with Crippen LogP contribution in [-0.4, -0.2) is 41.8 Å². The lowest BCUT2D eigenvalue weighted by atomic mass is 9.89. The van der Waals surface area contributed by atoms with E-state index in [9.17, 15) is 9.18 Å². The highest BCUT2D eigenvalue weighted by atomic mass is 19.1. The topological polar surface area (TPSA) is 61.8 Å². The van der Waals surface area contributed by atoms with Crippen molar-refractivity contribution in [2.75, 3.05) is 19.8 Å². The number of halogens is 1. The summed E-state index contributed by atoms with van der Waals surface area (Å²) in [5.41, 5.74) is 3.25. The van der Waals surface area contributed by atoms with Gasteiger partial charge in [0.25, 0.3) is 5.91 Å². The zero-order chi connectivity index (χ0) is 15.7. The second-order valence-corrected chi connectivity index (χ2v) is 6.14. The van der Waals surface area contributed by atoms with Gasteiger partial charge in [-0.2, -0.15) is 0 Å². The maximum absolute atomic E-state index is 14.3. The third-order valence-electron chi connectivity index (χ3n) is 4.65. The molecule has 1 saturated heterocycles. The van der Waals surface area contributed by atoms with Gasteiger partial charge < -0.3 is 4.74 Å². The number of hydrogen-bond acceptors (Lipinski definition) is 4. The normalized spacial score (nSPS) is 22.0. The first-order valence-electron chi connectivity index (χ1n) is 7.69. The Bertz CT molecular complexity index is 575. The van der Waals surface area contributed by atoms with E-state index in [1.807, 2.05) is 0 Å². The summed E-state index contributed by atoms with van der Waals surface area (Å²) >= 11 is 0. The largest absolute Gasteiger partial charge is 0.381 e. The molecule has 2 aliphatic rings. The summed E-state index contributed by atoms with van der Waals surface area (Å²) in [7, 11) is 0. The molecule has 1 amide bonds. The summed E-state index contributed by atoms with van der Waals surface area (Å²) in [6, 6.07) is 3.20. The predicted molar refractivity (Wildman–Crippen MR) is 78.2 cm³/mol. The Hall–Kier alpha value is -1.50. The van der Waals surface area contributed by atoms with Crippen molar-refractivity contribution in [3.05, 3.63) is 34.6 Å². The Morgan fingerprint density at radius 1 is 1.50 bits per heavy atom. The molecule has 0 spiro atoms. The number of carbonyl (C=O) groups excluding carboxylic acids is 1. The van der Waals surface area contributed by atoms with Crippen molar-refractivity contribution >= 4 is 5.91 Å². The molecule has 0 radical (unpaired) electrons. The number of fused-ring (bicyclic) bond motifs is 1. The van der Waals surface area contributed by atoms with Crippen LogP contribution in [0.2, 0.25) is 0 Å². The van der Waals surface area contributed by atoms with E-state index in [1.165, 1.54) is 6.07 Å². The maximum Gasteiger partial charge on any atom is 0.274 e. The van der Waals surface area contributed by atoms with Gasteiger partial charge in [0.2, 0.25) is 0 Å². The average Bonchev–Trinajstić information content (AvgIpc) is 2.49. The second kappa shape index (κ2) is 6.32. The van der Waals surface area contributed by atoms with E-state index in [2.05, 4.69) is 11.8 Å². The minimum atomic E-state index is -0.682. The van der Waals surface area contributed by atoms with Gasteiger partial charge in [0.1, 0.15) is 5.82 Å². The Morgan fingerprint density at radius 2 is 2.27 bits per heavy atom. The van der Waals surface area contributed by atoms with Crippen LogP contribution in [0, 0.1) is 11.7 Å². The summed E-state index contributed by atoms with van der Waals surface area (Å²) in [6.45, 7) is 5.28. The molecular weight excluding hydrogens is 287 g/mol. The van der Waals surface area contributed by atoms with Gasteiger partial charge in [0, 0.05) is 30.6 Å². The number of nitrogens with one attached hydrogen (secondary N) is 1. The Morgan fingerprint density at radius 3 is 2.86 bits per heavy atom. The van der Waals surface area contributed by atoms with Crippen molar-refractivity contribution < 1.29 is 19.1 Å². The van der Waals surface area contributed by atoms with Crippen molar-refractivity contribution in [3.63, 3.8) is 0 Å². The van der Waals surface area contributed by atoms with E-state index < -0.39 is 5.91 Å². The van der Waals surface area contributed by atoms with Gasteiger partial charge in [0.05, 0.1) is 13.2 Å². The minimum Gasteiger partial charge on any atom is -0.381 e. The van der Waals surface area contributed by atoms with Gasteiger partial charge in [-0.25, -0.2) is 9.87 Å². The summed E-state index contributed by atoms with van der Waals surface area (Å²) < 4.78 is 19.5. The molecule has 22 heavy (non-hydrogen) atoms. The van der Waals surface area contributed by atoms with Crippen molar-refractivity contribution in [2.24, 2.45) is 5.92 Å². The smallest absolute Gasteiger partial charge is 0.274 e. The summed E-state index contributed by atoms with van der Waals surface area (Å²) in [5.74, 6) is -0.496. The van der Waals surface area contributed by atoms with Crippen molar-refractivity contribution in [1.82, 2.24) is 10.4 Å². The van der Waals surface area contributed by atoms with Crippen LogP contribution >= 0.6 is 0 Å². The Labute approximate surface area is 129 Å². The number of hydroxylamine groups is 1. The molecule has 120 valence electrons. The fourth-order valence-corrected chi connectivity index (χ4v) is 3.31. The Balaban J connectivity index is 1.86. The first kappa shape index (κ1) is 15.4. The standard InChI is InChI=1S/C16H21FN2O3/c1-2-13-5-14-12(7-19(13)6-10-8-22-9-10)3-11(4-15(14)17)16(20)18-21/h3-4,10,13,21H,2,5-9H2,1H3,(H,18,20)/t13-/m1/s1. The molecule has 0 saturated carbocycles. The van der Waals surface area contributed by atoms with Crippen molar-refractivity contribution in [3.8, 4) is 0 Å². The maximum atomic E-state index is 14.3. The van der Waals surface area contributed by atoms with E-state index in [0.717, 1.165) is 31.7 Å². The van der Waals surface area contributed by atoms with Crippen LogP contribution < -0.4 is 5.48 Å². The molecule has 1 atom stereocenters. The number of ether oxygens (including phenoxy) is 1. The quantitative estimate of drug-likeness (QED) is 0.657.